The van der Waals surface area contributed by atoms with E-state index >= 15 is 0 Å². The molecule has 1 aromatic carbocycles. The highest BCUT2D eigenvalue weighted by Gasteiger charge is 1.94. The van der Waals surface area contributed by atoms with Crippen LogP contribution < -0.4 is 0 Å². The minimum Gasteiger partial charge on any atom is -0.429 e. The molecule has 0 spiro atoms. The van der Waals surface area contributed by atoms with Gasteiger partial charge in [-0.3, -0.25) is 9.59 Å². The Kier molecular flexibility index (Phi) is 18.0. The maximum Gasteiger partial charge on any atom is 0.298 e. The van der Waals surface area contributed by atoms with Gasteiger partial charge in [-0.05, 0) is 25.0 Å². The molecule has 0 fully saturated rings. The normalized spacial score (nSPS) is 11.0. The van der Waals surface area contributed by atoms with Gasteiger partial charge in [-0.25, -0.2) is 0 Å². The van der Waals surface area contributed by atoms with E-state index in [9.17, 15) is 9.59 Å². The predicted octanol–water partition coefficient (Wildman–Crippen LogP) is 4.94. The zero-order valence-electron chi connectivity index (χ0n) is 13.4. The molecule has 0 bridgehead atoms. The summed E-state index contributed by atoms with van der Waals surface area (Å²) in [6, 6.07) is 9.10. The first-order chi connectivity index (χ1) is 10.4. The van der Waals surface area contributed by atoms with Gasteiger partial charge in [0.2, 0.25) is 0 Å². The average Bonchev–Trinajstić information content (AvgIpc) is 2.61. The van der Waals surface area contributed by atoms with Crippen LogP contribution in [0.5, 0.6) is 0 Å². The molecule has 1 aromatic rings. The van der Waals surface area contributed by atoms with E-state index in [1.165, 1.54) is 0 Å². The lowest BCUT2D eigenvalue weighted by Gasteiger charge is -2.01. The summed E-state index contributed by atoms with van der Waals surface area (Å²) in [5.41, 5.74) is 0.729. The smallest absolute Gasteiger partial charge is 0.298 e. The Labute approximate surface area is 128 Å². The highest BCUT2D eigenvalue weighted by atomic mass is 16.5. The highest BCUT2D eigenvalue weighted by molar-refractivity contribution is 5.74. The van der Waals surface area contributed by atoms with Crippen LogP contribution in [0.1, 0.15) is 50.9 Å². The van der Waals surface area contributed by atoms with Crippen LogP contribution in [0.3, 0.4) is 0 Å². The third kappa shape index (κ3) is 12.6. The summed E-state index contributed by atoms with van der Waals surface area (Å²) in [4.78, 5) is 19.8. The molecular weight excluding hydrogens is 264 g/mol. The Hall–Kier alpha value is -2.16. The van der Waals surface area contributed by atoms with E-state index in [1.54, 1.807) is 18.2 Å². The second-order valence-corrected chi connectivity index (χ2v) is 3.33. The zero-order chi connectivity index (χ0) is 16.3. The summed E-state index contributed by atoms with van der Waals surface area (Å²) in [5, 5.41) is 0. The standard InChI is InChI=1S/C7H8O2.C7H6O.2C2H6/c8-6-9-7-4-2-1-3-5-7;8-6-7-4-2-1-3-5-7;2*1-2/h2,4-6H,1,3H2;1-6H;2*1-2H3. The first kappa shape index (κ1) is 21.1. The number of allylic oxidation sites excluding steroid dienone is 3. The molecule has 0 atom stereocenters. The number of carbonyl (C=O) groups excluding carboxylic acids is 2. The Morgan fingerprint density at radius 3 is 1.95 bits per heavy atom. The number of benzene rings is 1. The van der Waals surface area contributed by atoms with Crippen molar-refractivity contribution in [3.8, 4) is 0 Å². The largest absolute Gasteiger partial charge is 0.429 e. The number of rotatable bonds is 3. The van der Waals surface area contributed by atoms with Gasteiger partial charge in [-0.15, -0.1) is 0 Å². The van der Waals surface area contributed by atoms with E-state index in [4.69, 9.17) is 0 Å². The minimum atomic E-state index is 0.446. The Bertz CT molecular complexity index is 406. The summed E-state index contributed by atoms with van der Waals surface area (Å²) >= 11 is 0. The SMILES string of the molecule is CC.CC.O=COC1=CCCC=C1.O=Cc1ccccc1. The van der Waals surface area contributed by atoms with Gasteiger partial charge in [-0.2, -0.15) is 0 Å². The molecule has 116 valence electrons. The van der Waals surface area contributed by atoms with Crippen LogP contribution in [-0.4, -0.2) is 12.8 Å². The molecule has 0 heterocycles. The quantitative estimate of drug-likeness (QED) is 0.740. The van der Waals surface area contributed by atoms with Crippen molar-refractivity contribution >= 4 is 12.8 Å². The molecule has 0 aliphatic heterocycles. The van der Waals surface area contributed by atoms with E-state index in [-0.39, 0.29) is 0 Å². The van der Waals surface area contributed by atoms with Crippen LogP contribution in [0.2, 0.25) is 0 Å². The molecule has 0 saturated carbocycles. The third-order valence-corrected chi connectivity index (χ3v) is 2.08. The van der Waals surface area contributed by atoms with Crippen LogP contribution in [0.4, 0.5) is 0 Å². The second-order valence-electron chi connectivity index (χ2n) is 3.33. The monoisotopic (exact) mass is 290 g/mol. The van der Waals surface area contributed by atoms with Crippen LogP contribution in [0.25, 0.3) is 0 Å². The maximum atomic E-state index is 10.0. The lowest BCUT2D eigenvalue weighted by atomic mass is 10.2. The maximum absolute atomic E-state index is 10.0. The molecule has 3 nitrogen and oxygen atoms in total. The molecular formula is C18H26O3. The van der Waals surface area contributed by atoms with Crippen molar-refractivity contribution in [1.82, 2.24) is 0 Å². The van der Waals surface area contributed by atoms with Crippen molar-refractivity contribution < 1.29 is 14.3 Å². The summed E-state index contributed by atoms with van der Waals surface area (Å²) < 4.78 is 4.58. The average molecular weight is 290 g/mol. The first-order valence-corrected chi connectivity index (χ1v) is 7.34. The highest BCUT2D eigenvalue weighted by Crippen LogP contribution is 2.08. The van der Waals surface area contributed by atoms with Crippen LogP contribution in [0, 0.1) is 0 Å². The van der Waals surface area contributed by atoms with Crippen LogP contribution in [0.15, 0.2) is 54.3 Å². The summed E-state index contributed by atoms with van der Waals surface area (Å²) in [5.74, 6) is 0.663. The van der Waals surface area contributed by atoms with Gasteiger partial charge >= 0.3 is 0 Å². The van der Waals surface area contributed by atoms with Crippen LogP contribution in [-0.2, 0) is 9.53 Å². The number of hydrogen-bond donors (Lipinski definition) is 0. The van der Waals surface area contributed by atoms with E-state index in [0.717, 1.165) is 24.7 Å². The summed E-state index contributed by atoms with van der Waals surface area (Å²) in [6.07, 6.45) is 8.54. The van der Waals surface area contributed by atoms with E-state index in [2.05, 4.69) is 4.74 Å². The van der Waals surface area contributed by atoms with Crippen molar-refractivity contribution in [1.29, 1.82) is 0 Å². The van der Waals surface area contributed by atoms with Crippen molar-refractivity contribution in [3.63, 3.8) is 0 Å². The van der Waals surface area contributed by atoms with Gasteiger partial charge in [0.05, 0.1) is 0 Å². The van der Waals surface area contributed by atoms with Gasteiger partial charge in [0.25, 0.3) is 6.47 Å². The fourth-order valence-electron chi connectivity index (χ4n) is 1.26. The first-order valence-electron chi connectivity index (χ1n) is 7.34. The molecule has 1 aliphatic rings. The molecule has 0 unspecified atom stereocenters. The number of hydrogen-bond acceptors (Lipinski definition) is 3. The molecule has 21 heavy (non-hydrogen) atoms. The van der Waals surface area contributed by atoms with Crippen LogP contribution >= 0.6 is 0 Å². The predicted molar refractivity (Wildman–Crippen MR) is 88.1 cm³/mol. The van der Waals surface area contributed by atoms with Gasteiger partial charge in [0.1, 0.15) is 12.0 Å². The van der Waals surface area contributed by atoms with E-state index in [0.29, 0.717) is 12.2 Å². The zero-order valence-corrected chi connectivity index (χ0v) is 13.4. The number of ether oxygens (including phenoxy) is 1. The fourth-order valence-corrected chi connectivity index (χ4v) is 1.26. The topological polar surface area (TPSA) is 43.4 Å². The minimum absolute atomic E-state index is 0.446. The Balaban J connectivity index is 0. The second kappa shape index (κ2) is 17.8. The van der Waals surface area contributed by atoms with Crippen molar-refractivity contribution in [2.45, 2.75) is 40.5 Å². The van der Waals surface area contributed by atoms with Crippen molar-refractivity contribution in [2.24, 2.45) is 0 Å². The number of carbonyl (C=O) groups is 2. The molecule has 0 radical (unpaired) electrons. The number of aldehydes is 1. The lowest BCUT2D eigenvalue weighted by molar-refractivity contribution is -0.124. The Morgan fingerprint density at radius 1 is 0.952 bits per heavy atom. The molecule has 0 amide bonds. The fraction of sp³-hybridized carbons (Fsp3) is 0.333. The van der Waals surface area contributed by atoms with E-state index in [1.807, 2.05) is 58.0 Å². The molecule has 2 rings (SSSR count). The third-order valence-electron chi connectivity index (χ3n) is 2.08. The molecule has 3 heteroatoms. The molecule has 0 N–H and O–H groups in total. The van der Waals surface area contributed by atoms with Crippen molar-refractivity contribution in [3.05, 3.63) is 59.9 Å². The lowest BCUT2D eigenvalue weighted by Crippen LogP contribution is -1.88. The van der Waals surface area contributed by atoms with Gasteiger partial charge in [0.15, 0.2) is 0 Å². The summed E-state index contributed by atoms with van der Waals surface area (Å²) in [6.45, 7) is 8.45. The molecule has 0 aromatic heterocycles. The van der Waals surface area contributed by atoms with Gasteiger partial charge in [0, 0.05) is 5.56 Å². The van der Waals surface area contributed by atoms with E-state index < -0.39 is 0 Å². The van der Waals surface area contributed by atoms with Crippen molar-refractivity contribution in [2.75, 3.05) is 0 Å². The molecule has 0 saturated heterocycles. The van der Waals surface area contributed by atoms with Gasteiger partial charge in [-0.1, -0.05) is 64.1 Å². The Morgan fingerprint density at radius 2 is 1.57 bits per heavy atom. The summed E-state index contributed by atoms with van der Waals surface area (Å²) in [7, 11) is 0. The molecule has 1 aliphatic carbocycles. The van der Waals surface area contributed by atoms with Gasteiger partial charge < -0.3 is 4.74 Å².